The molecule has 2 aromatic heterocycles. The van der Waals surface area contributed by atoms with E-state index >= 15 is 0 Å². The number of benzene rings is 1. The highest BCUT2D eigenvalue weighted by molar-refractivity contribution is 8.00. The summed E-state index contributed by atoms with van der Waals surface area (Å²) in [6, 6.07) is 4.28. The van der Waals surface area contributed by atoms with Crippen LogP contribution in [0.5, 0.6) is 0 Å². The van der Waals surface area contributed by atoms with Crippen molar-refractivity contribution in [1.29, 1.82) is 0 Å². The minimum Gasteiger partial charge on any atom is -0.325 e. The third-order valence-electron chi connectivity index (χ3n) is 9.58. The van der Waals surface area contributed by atoms with E-state index < -0.39 is 0 Å². The van der Waals surface area contributed by atoms with Crippen LogP contribution in [0, 0.1) is 38.5 Å². The fourth-order valence-corrected chi connectivity index (χ4v) is 10.7. The van der Waals surface area contributed by atoms with Crippen LogP contribution in [0.2, 0.25) is 0 Å². The maximum absolute atomic E-state index is 13.2. The number of carbonyl (C=O) groups is 1. The lowest BCUT2D eigenvalue weighted by Crippen LogP contribution is -2.49. The highest BCUT2D eigenvalue weighted by Gasteiger charge is 2.53. The van der Waals surface area contributed by atoms with E-state index in [0.717, 1.165) is 51.8 Å². The van der Waals surface area contributed by atoms with Gasteiger partial charge in [-0.2, -0.15) is 0 Å². The number of thiophene rings is 1. The van der Waals surface area contributed by atoms with Gasteiger partial charge in [0.25, 0.3) is 0 Å². The average Bonchev–Trinajstić information content (AvgIpc) is 3.23. The van der Waals surface area contributed by atoms with E-state index in [1.54, 1.807) is 11.8 Å². The van der Waals surface area contributed by atoms with Crippen LogP contribution in [-0.2, 0) is 23.1 Å². The molecule has 1 aromatic carbocycles. The van der Waals surface area contributed by atoms with E-state index in [-0.39, 0.29) is 11.3 Å². The van der Waals surface area contributed by atoms with Crippen molar-refractivity contribution in [1.82, 2.24) is 9.97 Å². The summed E-state index contributed by atoms with van der Waals surface area (Å²) in [5.74, 6) is 4.13. The van der Waals surface area contributed by atoms with Gasteiger partial charge in [0.2, 0.25) is 5.91 Å². The number of nitrogens with zero attached hydrogens (tertiary/aromatic N) is 2. The molecule has 1 N–H and O–H groups in total. The first-order valence-corrected chi connectivity index (χ1v) is 16.0. The van der Waals surface area contributed by atoms with Gasteiger partial charge in [0, 0.05) is 21.4 Å². The first-order chi connectivity index (χ1) is 17.9. The number of carbonyl (C=O) groups excluding carboxylic acids is 1. The summed E-state index contributed by atoms with van der Waals surface area (Å²) in [4.78, 5) is 26.6. The van der Waals surface area contributed by atoms with Crippen molar-refractivity contribution in [3.8, 4) is 0 Å². The number of anilines is 1. The van der Waals surface area contributed by atoms with E-state index in [4.69, 9.17) is 9.97 Å². The quantitative estimate of drug-likeness (QED) is 0.271. The number of nitrogens with one attached hydrogen (secondary N) is 1. The van der Waals surface area contributed by atoms with Gasteiger partial charge in [-0.1, -0.05) is 29.5 Å². The largest absolute Gasteiger partial charge is 0.325 e. The Hall–Kier alpha value is -1.92. The van der Waals surface area contributed by atoms with Crippen molar-refractivity contribution >= 4 is 44.9 Å². The predicted octanol–water partition coefficient (Wildman–Crippen LogP) is 7.69. The van der Waals surface area contributed by atoms with Gasteiger partial charge < -0.3 is 5.32 Å². The van der Waals surface area contributed by atoms with Gasteiger partial charge in [-0.25, -0.2) is 9.97 Å². The molecule has 37 heavy (non-hydrogen) atoms. The Morgan fingerprint density at radius 1 is 1.00 bits per heavy atom. The number of rotatable bonds is 5. The van der Waals surface area contributed by atoms with Gasteiger partial charge in [-0.15, -0.1) is 11.3 Å². The van der Waals surface area contributed by atoms with Crippen LogP contribution in [0.15, 0.2) is 17.2 Å². The Labute approximate surface area is 228 Å². The van der Waals surface area contributed by atoms with Crippen molar-refractivity contribution < 1.29 is 4.79 Å². The van der Waals surface area contributed by atoms with Crippen LogP contribution in [0.4, 0.5) is 5.69 Å². The molecule has 194 valence electrons. The van der Waals surface area contributed by atoms with Gasteiger partial charge in [0.15, 0.2) is 0 Å². The molecule has 6 heteroatoms. The highest BCUT2D eigenvalue weighted by Crippen LogP contribution is 2.60. The first-order valence-electron chi connectivity index (χ1n) is 14.2. The Balaban J connectivity index is 1.22. The Bertz CT molecular complexity index is 1350. The second-order valence-electron chi connectivity index (χ2n) is 12.6. The first kappa shape index (κ1) is 24.1. The summed E-state index contributed by atoms with van der Waals surface area (Å²) in [6.07, 6.45) is 12.9. The monoisotopic (exact) mass is 531 g/mol. The Kier molecular flexibility index (Phi) is 5.93. The van der Waals surface area contributed by atoms with Crippen LogP contribution in [0.25, 0.3) is 10.2 Å². The number of aromatic nitrogens is 2. The molecule has 4 nitrogen and oxygen atoms in total. The Morgan fingerprint density at radius 3 is 2.32 bits per heavy atom. The van der Waals surface area contributed by atoms with Crippen molar-refractivity contribution in [3.63, 3.8) is 0 Å². The molecule has 5 aliphatic rings. The zero-order valence-corrected chi connectivity index (χ0v) is 23.9. The van der Waals surface area contributed by atoms with Crippen LogP contribution in [0.1, 0.15) is 84.3 Å². The van der Waals surface area contributed by atoms with Crippen molar-refractivity contribution in [3.05, 3.63) is 45.1 Å². The zero-order chi connectivity index (χ0) is 25.3. The summed E-state index contributed by atoms with van der Waals surface area (Å²) in [6.45, 7) is 6.25. The summed E-state index contributed by atoms with van der Waals surface area (Å²) in [5, 5.41) is 5.52. The van der Waals surface area contributed by atoms with E-state index in [1.165, 1.54) is 84.0 Å². The van der Waals surface area contributed by atoms with E-state index in [0.29, 0.717) is 5.75 Å². The molecule has 0 unspecified atom stereocenters. The second kappa shape index (κ2) is 9.08. The molecule has 8 rings (SSSR count). The smallest absolute Gasteiger partial charge is 0.234 e. The lowest BCUT2D eigenvalue weighted by molar-refractivity contribution is -0.113. The van der Waals surface area contributed by atoms with Crippen LogP contribution in [0.3, 0.4) is 0 Å². The summed E-state index contributed by atoms with van der Waals surface area (Å²) in [7, 11) is 0. The van der Waals surface area contributed by atoms with Crippen molar-refractivity contribution in [2.75, 3.05) is 11.1 Å². The topological polar surface area (TPSA) is 54.9 Å². The average molecular weight is 532 g/mol. The lowest BCUT2D eigenvalue weighted by Gasteiger charge is -2.56. The molecule has 1 amide bonds. The number of thioether (sulfide) groups is 1. The fraction of sp³-hybridized carbons (Fsp3) is 0.581. The molecule has 0 radical (unpaired) electrons. The van der Waals surface area contributed by atoms with Crippen LogP contribution >= 0.6 is 23.1 Å². The number of hydrogen-bond donors (Lipinski definition) is 1. The summed E-state index contributed by atoms with van der Waals surface area (Å²) < 4.78 is 0. The maximum Gasteiger partial charge on any atom is 0.234 e. The molecule has 5 aliphatic carbocycles. The SMILES string of the molecule is Cc1cc(C)c(NC(=O)CSc2nc(C34CC5CC(CC(C5)C3)C4)nc3sc4c(c23)CCCC4)c(C)c1. The normalized spacial score (nSPS) is 28.0. The van der Waals surface area contributed by atoms with Crippen LogP contribution < -0.4 is 5.32 Å². The van der Waals surface area contributed by atoms with Gasteiger partial charge in [-0.05, 0) is 119 Å². The van der Waals surface area contributed by atoms with Crippen LogP contribution in [-0.4, -0.2) is 21.6 Å². The number of hydrogen-bond acceptors (Lipinski definition) is 5. The molecule has 4 bridgehead atoms. The molecule has 4 saturated carbocycles. The predicted molar refractivity (Wildman–Crippen MR) is 154 cm³/mol. The lowest BCUT2D eigenvalue weighted by atomic mass is 9.49. The minimum atomic E-state index is 0.0484. The Morgan fingerprint density at radius 2 is 1.65 bits per heavy atom. The second-order valence-corrected chi connectivity index (χ2v) is 14.6. The van der Waals surface area contributed by atoms with Gasteiger partial charge in [0.1, 0.15) is 15.7 Å². The zero-order valence-electron chi connectivity index (χ0n) is 22.3. The van der Waals surface area contributed by atoms with Gasteiger partial charge in [0.05, 0.1) is 5.75 Å². The molecule has 3 aromatic rings. The maximum atomic E-state index is 13.2. The molecule has 0 spiro atoms. The third-order valence-corrected chi connectivity index (χ3v) is 11.7. The summed E-state index contributed by atoms with van der Waals surface area (Å²) >= 11 is 3.54. The number of fused-ring (bicyclic) bond motifs is 3. The van der Waals surface area contributed by atoms with Crippen molar-refractivity contribution in [2.24, 2.45) is 17.8 Å². The molecule has 4 fully saturated rings. The minimum absolute atomic E-state index is 0.0484. The molecular weight excluding hydrogens is 494 g/mol. The highest BCUT2D eigenvalue weighted by atomic mass is 32.2. The molecule has 0 aliphatic heterocycles. The molecular formula is C31H37N3OS2. The van der Waals surface area contributed by atoms with Gasteiger partial charge >= 0.3 is 0 Å². The number of aryl methyl sites for hydroxylation is 5. The standard InChI is InChI=1S/C31H37N3OS2/c1-17-8-18(2)27(19(3)9-17)32-25(35)16-36-28-26-23-6-4-5-7-24(23)37-29(26)34-30(33-28)31-13-20-10-21(14-31)12-22(11-20)15-31/h8-9,20-22H,4-7,10-16H2,1-3H3,(H,32,35). The molecule has 0 atom stereocenters. The molecule has 2 heterocycles. The third kappa shape index (κ3) is 4.23. The van der Waals surface area contributed by atoms with Crippen molar-refractivity contribution in [2.45, 2.75) is 95.4 Å². The fourth-order valence-electron chi connectivity index (χ4n) is 8.54. The van der Waals surface area contributed by atoms with E-state index in [2.05, 4.69) is 38.2 Å². The molecule has 0 saturated heterocycles. The summed E-state index contributed by atoms with van der Waals surface area (Å²) in [5.41, 5.74) is 6.06. The number of amides is 1. The van der Waals surface area contributed by atoms with E-state index in [1.807, 2.05) is 11.3 Å². The van der Waals surface area contributed by atoms with E-state index in [9.17, 15) is 4.79 Å². The van der Waals surface area contributed by atoms with Gasteiger partial charge in [-0.3, -0.25) is 4.79 Å².